The number of benzene rings is 3. The number of fused-ring (bicyclic) bond motifs is 1. The highest BCUT2D eigenvalue weighted by molar-refractivity contribution is 6.09. The number of aromatic nitrogens is 1. The van der Waals surface area contributed by atoms with Gasteiger partial charge in [0.05, 0.1) is 5.52 Å². The number of anilines is 1. The van der Waals surface area contributed by atoms with Gasteiger partial charge in [0.15, 0.2) is 0 Å². The van der Waals surface area contributed by atoms with E-state index in [-0.39, 0.29) is 11.3 Å². The summed E-state index contributed by atoms with van der Waals surface area (Å²) in [5, 5.41) is 13.9. The van der Waals surface area contributed by atoms with E-state index < -0.39 is 11.5 Å². The second-order valence-corrected chi connectivity index (χ2v) is 6.54. The van der Waals surface area contributed by atoms with E-state index in [1.54, 1.807) is 48.5 Å². The molecule has 0 unspecified atom stereocenters. The second-order valence-electron chi connectivity index (χ2n) is 6.54. The normalized spacial score (nSPS) is 10.8. The van der Waals surface area contributed by atoms with Crippen LogP contribution in [0.15, 0.2) is 83.7 Å². The van der Waals surface area contributed by atoms with Crippen LogP contribution in [-0.4, -0.2) is 15.6 Å². The van der Waals surface area contributed by atoms with Crippen LogP contribution in [0.5, 0.6) is 5.75 Å². The lowest BCUT2D eigenvalue weighted by molar-refractivity contribution is 0.102. The summed E-state index contributed by atoms with van der Waals surface area (Å²) in [6, 6.07) is 23.3. The fourth-order valence-electron chi connectivity index (χ4n) is 3.28. The molecule has 0 atom stereocenters. The zero-order valence-electron chi connectivity index (χ0n) is 15.2. The number of nitrogens with one attached hydrogen (secondary N) is 1. The number of para-hydroxylation sites is 2. The standard InChI is InChI=1S/C23H18N2O3/c1-15-8-7-9-16(14-15)24-22(27)20-21(26)18-12-5-6-13-19(18)25(23(20)28)17-10-3-2-4-11-17/h2-14,26H,1H3,(H,24,27). The van der Waals surface area contributed by atoms with Crippen molar-refractivity contribution in [3.63, 3.8) is 0 Å². The molecule has 0 aliphatic rings. The molecule has 1 heterocycles. The predicted octanol–water partition coefficient (Wildman–Crippen LogP) is 4.26. The van der Waals surface area contributed by atoms with Crippen LogP contribution in [0, 0.1) is 6.92 Å². The minimum absolute atomic E-state index is 0.288. The van der Waals surface area contributed by atoms with Gasteiger partial charge in [0.1, 0.15) is 11.3 Å². The van der Waals surface area contributed by atoms with E-state index in [4.69, 9.17) is 0 Å². The lowest BCUT2D eigenvalue weighted by Crippen LogP contribution is -2.29. The number of carbonyl (C=O) groups is 1. The Morgan fingerprint density at radius 1 is 0.929 bits per heavy atom. The van der Waals surface area contributed by atoms with Crippen LogP contribution in [0.25, 0.3) is 16.6 Å². The average molecular weight is 370 g/mol. The van der Waals surface area contributed by atoms with Crippen molar-refractivity contribution in [2.75, 3.05) is 5.32 Å². The van der Waals surface area contributed by atoms with Crippen molar-refractivity contribution in [3.05, 3.63) is 100 Å². The first-order chi connectivity index (χ1) is 13.6. The molecule has 2 N–H and O–H groups in total. The summed E-state index contributed by atoms with van der Waals surface area (Å²) >= 11 is 0. The molecular formula is C23H18N2O3. The topological polar surface area (TPSA) is 71.3 Å². The maximum atomic E-state index is 13.2. The Kier molecular flexibility index (Phi) is 4.41. The molecule has 0 saturated carbocycles. The number of carbonyl (C=O) groups excluding carboxylic acids is 1. The van der Waals surface area contributed by atoms with E-state index in [9.17, 15) is 14.7 Å². The first-order valence-electron chi connectivity index (χ1n) is 8.86. The molecule has 0 saturated heterocycles. The first-order valence-corrected chi connectivity index (χ1v) is 8.86. The fraction of sp³-hybridized carbons (Fsp3) is 0.0435. The highest BCUT2D eigenvalue weighted by Gasteiger charge is 2.23. The molecule has 1 aromatic heterocycles. The minimum atomic E-state index is -0.650. The van der Waals surface area contributed by atoms with Crippen LogP contribution >= 0.6 is 0 Å². The number of aromatic hydroxyl groups is 1. The Morgan fingerprint density at radius 2 is 1.64 bits per heavy atom. The Labute approximate surface area is 161 Å². The number of hydrogen-bond donors (Lipinski definition) is 2. The van der Waals surface area contributed by atoms with Crippen LogP contribution in [0.1, 0.15) is 15.9 Å². The maximum Gasteiger partial charge on any atom is 0.272 e. The third-order valence-corrected chi connectivity index (χ3v) is 4.57. The summed E-state index contributed by atoms with van der Waals surface area (Å²) in [6.45, 7) is 1.91. The smallest absolute Gasteiger partial charge is 0.272 e. The summed E-state index contributed by atoms with van der Waals surface area (Å²) in [5.41, 5.74) is 1.82. The van der Waals surface area contributed by atoms with Crippen molar-refractivity contribution in [2.45, 2.75) is 6.92 Å². The van der Waals surface area contributed by atoms with Crippen molar-refractivity contribution in [1.29, 1.82) is 0 Å². The summed E-state index contributed by atoms with van der Waals surface area (Å²) in [6.07, 6.45) is 0. The molecule has 0 fully saturated rings. The summed E-state index contributed by atoms with van der Waals surface area (Å²) in [4.78, 5) is 26.2. The van der Waals surface area contributed by atoms with Gasteiger partial charge in [-0.05, 0) is 48.9 Å². The van der Waals surface area contributed by atoms with Gasteiger partial charge in [-0.25, -0.2) is 0 Å². The molecule has 1 amide bonds. The first kappa shape index (κ1) is 17.5. The summed E-state index contributed by atoms with van der Waals surface area (Å²) < 4.78 is 1.44. The van der Waals surface area contributed by atoms with Gasteiger partial charge in [0, 0.05) is 16.8 Å². The fourth-order valence-corrected chi connectivity index (χ4v) is 3.28. The number of amides is 1. The van der Waals surface area contributed by atoms with Gasteiger partial charge in [-0.1, -0.05) is 42.5 Å². The van der Waals surface area contributed by atoms with Crippen LogP contribution in [0.2, 0.25) is 0 Å². The number of nitrogens with zero attached hydrogens (tertiary/aromatic N) is 1. The van der Waals surface area contributed by atoms with Crippen molar-refractivity contribution >= 4 is 22.5 Å². The van der Waals surface area contributed by atoms with Crippen molar-refractivity contribution in [2.24, 2.45) is 0 Å². The molecule has 0 spiro atoms. The van der Waals surface area contributed by atoms with Crippen LogP contribution in [0.3, 0.4) is 0 Å². The Morgan fingerprint density at radius 3 is 2.39 bits per heavy atom. The van der Waals surface area contributed by atoms with E-state index in [1.165, 1.54) is 4.57 Å². The van der Waals surface area contributed by atoms with E-state index in [0.717, 1.165) is 5.56 Å². The summed E-state index contributed by atoms with van der Waals surface area (Å²) in [5.74, 6) is -0.971. The molecule has 3 aromatic carbocycles. The molecule has 0 aliphatic carbocycles. The van der Waals surface area contributed by atoms with Gasteiger partial charge in [-0.2, -0.15) is 0 Å². The number of pyridine rings is 1. The third kappa shape index (κ3) is 3.03. The van der Waals surface area contributed by atoms with E-state index >= 15 is 0 Å². The lowest BCUT2D eigenvalue weighted by atomic mass is 10.1. The van der Waals surface area contributed by atoms with Gasteiger partial charge < -0.3 is 10.4 Å². The minimum Gasteiger partial charge on any atom is -0.506 e. The van der Waals surface area contributed by atoms with Gasteiger partial charge in [-0.15, -0.1) is 0 Å². The molecule has 5 nitrogen and oxygen atoms in total. The molecule has 4 aromatic rings. The molecule has 0 radical (unpaired) electrons. The molecule has 4 rings (SSSR count). The maximum absolute atomic E-state index is 13.2. The molecular weight excluding hydrogens is 352 g/mol. The Balaban J connectivity index is 1.94. The Hall–Kier alpha value is -3.86. The van der Waals surface area contributed by atoms with Gasteiger partial charge in [0.25, 0.3) is 11.5 Å². The van der Waals surface area contributed by atoms with Crippen LogP contribution in [-0.2, 0) is 0 Å². The van der Waals surface area contributed by atoms with Crippen LogP contribution < -0.4 is 10.9 Å². The zero-order chi connectivity index (χ0) is 19.7. The number of aryl methyl sites for hydroxylation is 1. The highest BCUT2D eigenvalue weighted by Crippen LogP contribution is 2.28. The third-order valence-electron chi connectivity index (χ3n) is 4.57. The van der Waals surface area contributed by atoms with Crippen LogP contribution in [0.4, 0.5) is 5.69 Å². The highest BCUT2D eigenvalue weighted by atomic mass is 16.3. The molecule has 0 aliphatic heterocycles. The number of rotatable bonds is 3. The molecule has 5 heteroatoms. The SMILES string of the molecule is Cc1cccc(NC(=O)c2c(O)c3ccccc3n(-c3ccccc3)c2=O)c1. The Bertz CT molecular complexity index is 1240. The monoisotopic (exact) mass is 370 g/mol. The quantitative estimate of drug-likeness (QED) is 0.566. The molecule has 0 bridgehead atoms. The molecule has 138 valence electrons. The molecule has 28 heavy (non-hydrogen) atoms. The van der Waals surface area contributed by atoms with E-state index in [0.29, 0.717) is 22.3 Å². The average Bonchev–Trinajstić information content (AvgIpc) is 2.69. The van der Waals surface area contributed by atoms with E-state index in [1.807, 2.05) is 37.3 Å². The predicted molar refractivity (Wildman–Crippen MR) is 110 cm³/mol. The van der Waals surface area contributed by atoms with Gasteiger partial charge in [-0.3, -0.25) is 14.2 Å². The van der Waals surface area contributed by atoms with E-state index in [2.05, 4.69) is 5.32 Å². The summed E-state index contributed by atoms with van der Waals surface area (Å²) in [7, 11) is 0. The van der Waals surface area contributed by atoms with Gasteiger partial charge >= 0.3 is 0 Å². The van der Waals surface area contributed by atoms with Crippen molar-refractivity contribution in [1.82, 2.24) is 4.57 Å². The zero-order valence-corrected chi connectivity index (χ0v) is 15.2. The second kappa shape index (κ2) is 7.04. The lowest BCUT2D eigenvalue weighted by Gasteiger charge is -2.15. The van der Waals surface area contributed by atoms with Crippen molar-refractivity contribution < 1.29 is 9.90 Å². The largest absolute Gasteiger partial charge is 0.506 e. The van der Waals surface area contributed by atoms with Crippen molar-refractivity contribution in [3.8, 4) is 11.4 Å². The van der Waals surface area contributed by atoms with Gasteiger partial charge in [0.2, 0.25) is 0 Å². The number of hydrogen-bond acceptors (Lipinski definition) is 3.